The Morgan fingerprint density at radius 3 is 2.75 bits per heavy atom. The molecule has 1 heterocycles. The monoisotopic (exact) mass is 283 g/mol. The zero-order chi connectivity index (χ0) is 14.4. The van der Waals surface area contributed by atoms with E-state index in [-0.39, 0.29) is 12.0 Å². The fourth-order valence-corrected chi connectivity index (χ4v) is 3.74. The molecule has 1 saturated carbocycles. The topological polar surface area (TPSA) is 49.8 Å². The van der Waals surface area contributed by atoms with Gasteiger partial charge in [0.15, 0.2) is 0 Å². The summed E-state index contributed by atoms with van der Waals surface area (Å²) in [4.78, 5) is 14.4. The quantitative estimate of drug-likeness (QED) is 0.813. The molecule has 1 saturated heterocycles. The zero-order valence-electron chi connectivity index (χ0n) is 12.8. The summed E-state index contributed by atoms with van der Waals surface area (Å²) < 4.78 is 5.16. The first-order chi connectivity index (χ1) is 9.69. The first-order valence-corrected chi connectivity index (χ1v) is 8.07. The molecule has 1 N–H and O–H groups in total. The Bertz CT molecular complexity index is 315. The van der Waals surface area contributed by atoms with Crippen molar-refractivity contribution in [2.24, 2.45) is 11.3 Å². The van der Waals surface area contributed by atoms with Crippen molar-refractivity contribution in [3.63, 3.8) is 0 Å². The van der Waals surface area contributed by atoms with Crippen molar-refractivity contribution < 1.29 is 14.6 Å². The molecule has 0 spiro atoms. The maximum atomic E-state index is 12.4. The molecule has 0 aromatic rings. The van der Waals surface area contributed by atoms with Gasteiger partial charge in [-0.15, -0.1) is 0 Å². The molecule has 20 heavy (non-hydrogen) atoms. The largest absolute Gasteiger partial charge is 0.396 e. The van der Waals surface area contributed by atoms with Crippen molar-refractivity contribution in [1.82, 2.24) is 4.90 Å². The fourth-order valence-electron chi connectivity index (χ4n) is 3.74. The van der Waals surface area contributed by atoms with E-state index in [1.165, 1.54) is 25.7 Å². The Hall–Kier alpha value is -0.610. The minimum Gasteiger partial charge on any atom is -0.396 e. The Balaban J connectivity index is 1.88. The molecule has 2 aliphatic rings. The number of rotatable bonds is 6. The second kappa shape index (κ2) is 7.41. The predicted molar refractivity (Wildman–Crippen MR) is 78.4 cm³/mol. The van der Waals surface area contributed by atoms with Crippen LogP contribution in [0.25, 0.3) is 0 Å². The van der Waals surface area contributed by atoms with Crippen LogP contribution >= 0.6 is 0 Å². The Labute approximate surface area is 122 Å². The third kappa shape index (κ3) is 3.95. The minimum atomic E-state index is -0.139. The summed E-state index contributed by atoms with van der Waals surface area (Å²) in [7, 11) is 1.69. The lowest BCUT2D eigenvalue weighted by atomic mass is 9.78. The van der Waals surface area contributed by atoms with Crippen LogP contribution in [0.1, 0.15) is 51.4 Å². The molecule has 1 aliphatic heterocycles. The van der Waals surface area contributed by atoms with Gasteiger partial charge in [0.2, 0.25) is 5.91 Å². The number of aliphatic hydroxyl groups excluding tert-OH is 1. The lowest BCUT2D eigenvalue weighted by Crippen LogP contribution is -2.48. The molecule has 116 valence electrons. The minimum absolute atomic E-state index is 0.139. The van der Waals surface area contributed by atoms with Crippen LogP contribution < -0.4 is 0 Å². The molecule has 0 radical (unpaired) electrons. The van der Waals surface area contributed by atoms with Gasteiger partial charge in [0, 0.05) is 38.6 Å². The lowest BCUT2D eigenvalue weighted by molar-refractivity contribution is -0.137. The third-order valence-corrected chi connectivity index (χ3v) is 5.12. The van der Waals surface area contributed by atoms with Crippen molar-refractivity contribution in [1.29, 1.82) is 0 Å². The van der Waals surface area contributed by atoms with Gasteiger partial charge >= 0.3 is 0 Å². The molecular formula is C16H29NO3. The number of amides is 1. The van der Waals surface area contributed by atoms with Crippen molar-refractivity contribution in [2.75, 3.05) is 33.4 Å². The third-order valence-electron chi connectivity index (χ3n) is 5.12. The number of hydrogen-bond donors (Lipinski definition) is 1. The van der Waals surface area contributed by atoms with E-state index in [2.05, 4.69) is 0 Å². The van der Waals surface area contributed by atoms with Crippen LogP contribution in [0.15, 0.2) is 0 Å². The number of ether oxygens (including phenoxy) is 1. The molecule has 0 aromatic carbocycles. The summed E-state index contributed by atoms with van der Waals surface area (Å²) in [6.07, 6.45) is 8.56. The van der Waals surface area contributed by atoms with Gasteiger partial charge in [-0.25, -0.2) is 0 Å². The molecule has 1 amide bonds. The summed E-state index contributed by atoms with van der Waals surface area (Å²) in [6, 6.07) is 0. The van der Waals surface area contributed by atoms with Gasteiger partial charge in [-0.3, -0.25) is 4.79 Å². The molecular weight excluding hydrogens is 254 g/mol. The number of likely N-dealkylation sites (tertiary alicyclic amines) is 1. The average molecular weight is 283 g/mol. The van der Waals surface area contributed by atoms with Gasteiger partial charge in [0.25, 0.3) is 0 Å². The average Bonchev–Trinajstić information content (AvgIpc) is 2.98. The van der Waals surface area contributed by atoms with Crippen molar-refractivity contribution in [2.45, 2.75) is 51.4 Å². The van der Waals surface area contributed by atoms with Gasteiger partial charge in [-0.2, -0.15) is 0 Å². The molecule has 1 aliphatic carbocycles. The van der Waals surface area contributed by atoms with Gasteiger partial charge < -0.3 is 14.7 Å². The molecule has 2 fully saturated rings. The number of aliphatic hydroxyl groups is 1. The zero-order valence-corrected chi connectivity index (χ0v) is 12.8. The number of nitrogens with zero attached hydrogens (tertiary/aromatic N) is 1. The maximum absolute atomic E-state index is 12.4. The van der Waals surface area contributed by atoms with Crippen LogP contribution in [-0.2, 0) is 9.53 Å². The van der Waals surface area contributed by atoms with Crippen molar-refractivity contribution >= 4 is 5.91 Å². The van der Waals surface area contributed by atoms with Crippen LogP contribution in [0.4, 0.5) is 0 Å². The highest BCUT2D eigenvalue weighted by Crippen LogP contribution is 2.34. The summed E-state index contributed by atoms with van der Waals surface area (Å²) >= 11 is 0. The number of carbonyl (C=O) groups is 1. The highest BCUT2D eigenvalue weighted by atomic mass is 16.5. The molecule has 0 bridgehead atoms. The van der Waals surface area contributed by atoms with E-state index < -0.39 is 0 Å². The maximum Gasteiger partial charge on any atom is 0.222 e. The lowest BCUT2D eigenvalue weighted by Gasteiger charge is -2.42. The van der Waals surface area contributed by atoms with Crippen LogP contribution in [0.5, 0.6) is 0 Å². The number of piperidine rings is 1. The summed E-state index contributed by atoms with van der Waals surface area (Å²) in [5, 5.41) is 9.76. The predicted octanol–water partition coefficient (Wildman–Crippen LogP) is 2.20. The summed E-state index contributed by atoms with van der Waals surface area (Å²) in [5.74, 6) is 0.902. The number of carbonyl (C=O) groups excluding carboxylic acids is 1. The van der Waals surface area contributed by atoms with E-state index in [1.54, 1.807) is 7.11 Å². The van der Waals surface area contributed by atoms with E-state index in [0.717, 1.165) is 25.8 Å². The van der Waals surface area contributed by atoms with E-state index in [0.29, 0.717) is 31.4 Å². The van der Waals surface area contributed by atoms with E-state index >= 15 is 0 Å². The Morgan fingerprint density at radius 2 is 2.10 bits per heavy atom. The Morgan fingerprint density at radius 1 is 1.35 bits per heavy atom. The summed E-state index contributed by atoms with van der Waals surface area (Å²) in [5.41, 5.74) is -0.139. The van der Waals surface area contributed by atoms with Crippen molar-refractivity contribution in [3.05, 3.63) is 0 Å². The van der Waals surface area contributed by atoms with E-state index in [4.69, 9.17) is 4.74 Å². The van der Waals surface area contributed by atoms with Crippen molar-refractivity contribution in [3.8, 4) is 0 Å². The number of methoxy groups -OCH3 is 1. The normalized spacial score (nSPS) is 28.0. The fraction of sp³-hybridized carbons (Fsp3) is 0.938. The van der Waals surface area contributed by atoms with Crippen LogP contribution in [-0.4, -0.2) is 49.3 Å². The van der Waals surface area contributed by atoms with Gasteiger partial charge in [-0.05, 0) is 38.0 Å². The first-order valence-electron chi connectivity index (χ1n) is 8.07. The van der Waals surface area contributed by atoms with Crippen LogP contribution in [0, 0.1) is 11.3 Å². The molecule has 2 rings (SSSR count). The first kappa shape index (κ1) is 15.8. The van der Waals surface area contributed by atoms with Crippen LogP contribution in [0.2, 0.25) is 0 Å². The standard InChI is InChI=1S/C16H29NO3/c1-20-10-8-16(13-18)7-4-9-17(12-16)15(19)11-14-5-2-3-6-14/h14,18H,2-13H2,1H3/t16-/m0/s1. The number of hydrogen-bond acceptors (Lipinski definition) is 3. The van der Waals surface area contributed by atoms with Crippen LogP contribution in [0.3, 0.4) is 0 Å². The molecule has 4 heteroatoms. The molecule has 1 atom stereocenters. The van der Waals surface area contributed by atoms with Gasteiger partial charge in [-0.1, -0.05) is 12.8 Å². The van der Waals surface area contributed by atoms with Gasteiger partial charge in [0.05, 0.1) is 6.61 Å². The SMILES string of the molecule is COCC[C@@]1(CO)CCCN(C(=O)CC2CCCC2)C1. The molecule has 0 unspecified atom stereocenters. The molecule has 0 aromatic heterocycles. The van der Waals surface area contributed by atoms with Gasteiger partial charge in [0.1, 0.15) is 0 Å². The second-order valence-electron chi connectivity index (χ2n) is 6.67. The highest BCUT2D eigenvalue weighted by molar-refractivity contribution is 5.76. The Kier molecular flexibility index (Phi) is 5.85. The summed E-state index contributed by atoms with van der Waals surface area (Å²) in [6.45, 7) is 2.38. The van der Waals surface area contributed by atoms with E-state index in [1.807, 2.05) is 4.90 Å². The van der Waals surface area contributed by atoms with E-state index in [9.17, 15) is 9.90 Å². The highest BCUT2D eigenvalue weighted by Gasteiger charge is 2.36. The molecule has 4 nitrogen and oxygen atoms in total. The smallest absolute Gasteiger partial charge is 0.222 e. The second-order valence-corrected chi connectivity index (χ2v) is 6.67.